The second-order valence-corrected chi connectivity index (χ2v) is 4.43. The SMILES string of the molecule is CC.CC.CCN(CC)CCCN(C)c1cc(=O)c1=S. The van der Waals surface area contributed by atoms with Crippen LogP contribution >= 0.6 is 12.2 Å². The van der Waals surface area contributed by atoms with Gasteiger partial charge in [-0.2, -0.15) is 0 Å². The second kappa shape index (κ2) is 13.3. The summed E-state index contributed by atoms with van der Waals surface area (Å²) >= 11 is 4.98. The van der Waals surface area contributed by atoms with Crippen molar-refractivity contribution in [2.45, 2.75) is 48.0 Å². The standard InChI is InChI=1S/C12H20N2OS.2C2H6/c1-4-14(5-2)8-6-7-13(3)10-9-11(15)12(10)16;2*1-2/h9H,4-8H2,1-3H3;2*1-2H3. The Hall–Kier alpha value is -0.740. The van der Waals surface area contributed by atoms with Gasteiger partial charge < -0.3 is 9.80 Å². The Bertz CT molecular complexity index is 393. The summed E-state index contributed by atoms with van der Waals surface area (Å²) in [6.07, 6.45) is 1.10. The van der Waals surface area contributed by atoms with Gasteiger partial charge in [0.05, 0.1) is 5.69 Å². The molecule has 1 aromatic carbocycles. The highest BCUT2D eigenvalue weighted by Gasteiger charge is 2.10. The molecule has 4 heteroatoms. The van der Waals surface area contributed by atoms with Crippen LogP contribution in [0.15, 0.2) is 10.9 Å². The number of hydrogen-bond donors (Lipinski definition) is 0. The lowest BCUT2D eigenvalue weighted by atomic mass is 10.2. The fraction of sp³-hybridized carbons (Fsp3) is 0.750. The molecule has 1 rings (SSSR count). The Labute approximate surface area is 130 Å². The summed E-state index contributed by atoms with van der Waals surface area (Å²) in [6.45, 7) is 16.6. The Morgan fingerprint density at radius 3 is 1.90 bits per heavy atom. The van der Waals surface area contributed by atoms with Crippen molar-refractivity contribution in [3.8, 4) is 0 Å². The minimum Gasteiger partial charge on any atom is -0.373 e. The molecule has 20 heavy (non-hydrogen) atoms. The third-order valence-electron chi connectivity index (χ3n) is 3.00. The van der Waals surface area contributed by atoms with E-state index >= 15 is 0 Å². The van der Waals surface area contributed by atoms with Crippen LogP contribution in [0.2, 0.25) is 0 Å². The molecule has 0 aliphatic carbocycles. The molecule has 0 aromatic heterocycles. The maximum Gasteiger partial charge on any atom is 0.200 e. The summed E-state index contributed by atoms with van der Waals surface area (Å²) < 4.78 is 0.491. The third kappa shape index (κ3) is 7.15. The van der Waals surface area contributed by atoms with E-state index in [2.05, 4.69) is 23.6 Å². The lowest BCUT2D eigenvalue weighted by Crippen LogP contribution is -2.29. The molecule has 0 saturated carbocycles. The van der Waals surface area contributed by atoms with Gasteiger partial charge in [-0.3, -0.25) is 4.79 Å². The van der Waals surface area contributed by atoms with Gasteiger partial charge in [0.25, 0.3) is 0 Å². The van der Waals surface area contributed by atoms with Crippen molar-refractivity contribution in [2.75, 3.05) is 38.1 Å². The van der Waals surface area contributed by atoms with Crippen molar-refractivity contribution in [3.63, 3.8) is 0 Å². The van der Waals surface area contributed by atoms with Crippen molar-refractivity contribution in [1.29, 1.82) is 0 Å². The van der Waals surface area contributed by atoms with Gasteiger partial charge in [-0.1, -0.05) is 53.8 Å². The molecular formula is C16H32N2OS. The van der Waals surface area contributed by atoms with E-state index < -0.39 is 0 Å². The van der Waals surface area contributed by atoms with E-state index in [9.17, 15) is 4.79 Å². The topological polar surface area (TPSA) is 23.6 Å². The number of hydrogen-bond acceptors (Lipinski definition) is 4. The summed E-state index contributed by atoms with van der Waals surface area (Å²) in [5.74, 6) is 0. The lowest BCUT2D eigenvalue weighted by Gasteiger charge is -2.23. The summed E-state index contributed by atoms with van der Waals surface area (Å²) in [4.78, 5) is 15.4. The fourth-order valence-electron chi connectivity index (χ4n) is 1.78. The van der Waals surface area contributed by atoms with Crippen LogP contribution in [-0.2, 0) is 0 Å². The first-order chi connectivity index (χ1) is 9.60. The Morgan fingerprint density at radius 2 is 1.55 bits per heavy atom. The first-order valence-electron chi connectivity index (χ1n) is 7.84. The minimum absolute atomic E-state index is 0.000549. The molecule has 0 atom stereocenters. The molecule has 0 heterocycles. The zero-order valence-corrected chi connectivity index (χ0v) is 15.1. The molecule has 0 spiro atoms. The van der Waals surface area contributed by atoms with Gasteiger partial charge >= 0.3 is 0 Å². The van der Waals surface area contributed by atoms with Gasteiger partial charge in [-0.15, -0.1) is 0 Å². The highest BCUT2D eigenvalue weighted by Crippen LogP contribution is 2.13. The van der Waals surface area contributed by atoms with Gasteiger partial charge in [-0.05, 0) is 26.1 Å². The highest BCUT2D eigenvalue weighted by molar-refractivity contribution is 7.71. The van der Waals surface area contributed by atoms with E-state index in [1.54, 1.807) is 6.07 Å². The molecule has 0 aliphatic heterocycles. The summed E-state index contributed by atoms with van der Waals surface area (Å²) in [7, 11) is 1.99. The smallest absolute Gasteiger partial charge is 0.200 e. The largest absolute Gasteiger partial charge is 0.373 e. The van der Waals surface area contributed by atoms with Crippen LogP contribution in [-0.4, -0.2) is 38.1 Å². The number of rotatable bonds is 7. The van der Waals surface area contributed by atoms with Crippen molar-refractivity contribution in [1.82, 2.24) is 4.90 Å². The maximum atomic E-state index is 11.0. The molecule has 1 aromatic rings. The van der Waals surface area contributed by atoms with Gasteiger partial charge in [-0.25, -0.2) is 0 Å². The van der Waals surface area contributed by atoms with E-state index in [0.717, 1.165) is 38.3 Å². The van der Waals surface area contributed by atoms with Crippen molar-refractivity contribution in [2.24, 2.45) is 0 Å². The van der Waals surface area contributed by atoms with Gasteiger partial charge in [0.1, 0.15) is 4.51 Å². The molecule has 0 amide bonds. The first-order valence-corrected chi connectivity index (χ1v) is 8.24. The predicted octanol–water partition coefficient (Wildman–Crippen LogP) is 3.87. The molecule has 0 radical (unpaired) electrons. The van der Waals surface area contributed by atoms with Crippen molar-refractivity contribution >= 4 is 17.9 Å². The average molecular weight is 301 g/mol. The lowest BCUT2D eigenvalue weighted by molar-refractivity contribution is 0.301. The zero-order valence-electron chi connectivity index (χ0n) is 14.3. The van der Waals surface area contributed by atoms with Gasteiger partial charge in [0.15, 0.2) is 0 Å². The molecule has 0 unspecified atom stereocenters. The van der Waals surface area contributed by atoms with Crippen LogP contribution in [0.25, 0.3) is 0 Å². The predicted molar refractivity (Wildman–Crippen MR) is 94.3 cm³/mol. The normalized spacial score (nSPS) is 9.60. The highest BCUT2D eigenvalue weighted by atomic mass is 32.1. The van der Waals surface area contributed by atoms with Crippen molar-refractivity contribution < 1.29 is 0 Å². The molecule has 3 nitrogen and oxygen atoms in total. The van der Waals surface area contributed by atoms with Crippen LogP contribution in [0.3, 0.4) is 0 Å². The Morgan fingerprint density at radius 1 is 1.05 bits per heavy atom. The van der Waals surface area contributed by atoms with Crippen LogP contribution in [0.5, 0.6) is 0 Å². The van der Waals surface area contributed by atoms with Crippen LogP contribution < -0.4 is 10.3 Å². The first kappa shape index (κ1) is 21.6. The van der Waals surface area contributed by atoms with E-state index in [-0.39, 0.29) is 5.43 Å². The molecular weight excluding hydrogens is 268 g/mol. The molecule has 0 aliphatic rings. The van der Waals surface area contributed by atoms with Gasteiger partial charge in [0.2, 0.25) is 5.43 Å². The molecule has 0 N–H and O–H groups in total. The van der Waals surface area contributed by atoms with E-state index in [1.807, 2.05) is 34.7 Å². The van der Waals surface area contributed by atoms with Gasteiger partial charge in [0, 0.05) is 19.7 Å². The average Bonchev–Trinajstić information content (AvgIpc) is 2.52. The van der Waals surface area contributed by atoms with E-state index in [4.69, 9.17) is 12.2 Å². The monoisotopic (exact) mass is 300 g/mol. The summed E-state index contributed by atoms with van der Waals surface area (Å²) in [6, 6.07) is 1.62. The zero-order chi connectivity index (χ0) is 16.1. The van der Waals surface area contributed by atoms with E-state index in [1.165, 1.54) is 0 Å². The second-order valence-electron chi connectivity index (χ2n) is 4.02. The molecule has 0 saturated heterocycles. The molecule has 118 valence electrons. The van der Waals surface area contributed by atoms with Crippen LogP contribution in [0.1, 0.15) is 48.0 Å². The maximum absolute atomic E-state index is 11.0. The molecule has 0 fully saturated rings. The summed E-state index contributed by atoms with van der Waals surface area (Å²) in [5.41, 5.74) is 0.931. The van der Waals surface area contributed by atoms with Crippen LogP contribution in [0, 0.1) is 4.51 Å². The number of nitrogens with zero attached hydrogens (tertiary/aromatic N) is 2. The third-order valence-corrected chi connectivity index (χ3v) is 3.41. The quantitative estimate of drug-likeness (QED) is 0.713. The Balaban J connectivity index is 0. The molecule has 0 bridgehead atoms. The van der Waals surface area contributed by atoms with E-state index in [0.29, 0.717) is 4.51 Å². The fourth-order valence-corrected chi connectivity index (χ4v) is 2.05. The summed E-state index contributed by atoms with van der Waals surface area (Å²) in [5, 5.41) is 0. The number of anilines is 1. The van der Waals surface area contributed by atoms with Crippen LogP contribution in [0.4, 0.5) is 5.69 Å². The Kier molecular flexibility index (Phi) is 14.3. The minimum atomic E-state index is 0.000549. The van der Waals surface area contributed by atoms with Crippen molar-refractivity contribution in [3.05, 3.63) is 20.8 Å².